The number of carbonyl (C=O) groups excluding carboxylic acids is 2. The van der Waals surface area contributed by atoms with Gasteiger partial charge in [0.25, 0.3) is 0 Å². The molecule has 2 atom stereocenters. The molecular weight excluding hydrogens is 300 g/mol. The molecule has 0 radical (unpaired) electrons. The average molecular weight is 320 g/mol. The van der Waals surface area contributed by atoms with Crippen molar-refractivity contribution in [2.45, 2.75) is 24.4 Å². The first-order valence-corrected chi connectivity index (χ1v) is 7.37. The summed E-state index contributed by atoms with van der Waals surface area (Å²) in [6.07, 6.45) is 1.15. The summed E-state index contributed by atoms with van der Waals surface area (Å²) < 4.78 is 4.62. The summed E-state index contributed by atoms with van der Waals surface area (Å²) >= 11 is 0. The molecule has 124 valence electrons. The number of rotatable bonds is 6. The molecule has 0 aromatic heterocycles. The molecule has 1 saturated heterocycles. The molecule has 7 heteroatoms. The predicted molar refractivity (Wildman–Crippen MR) is 82.0 cm³/mol. The fraction of sp³-hybridized carbons (Fsp3) is 0.438. The van der Waals surface area contributed by atoms with Crippen LogP contribution in [0.1, 0.15) is 18.4 Å². The predicted octanol–water partition coefficient (Wildman–Crippen LogP) is 0.986. The zero-order chi connectivity index (χ0) is 16.9. The van der Waals surface area contributed by atoms with Gasteiger partial charge >= 0.3 is 12.1 Å². The number of methoxy groups -OCH3 is 1. The topological polar surface area (TPSA) is 95.9 Å². The number of carboxylic acid groups (broad SMARTS) is 1. The van der Waals surface area contributed by atoms with Crippen molar-refractivity contribution in [2.75, 3.05) is 20.2 Å². The lowest BCUT2D eigenvalue weighted by molar-refractivity contribution is -0.142. The second-order valence-corrected chi connectivity index (χ2v) is 5.54. The van der Waals surface area contributed by atoms with E-state index < -0.39 is 23.6 Å². The molecule has 0 unspecified atom stereocenters. The molecule has 0 spiro atoms. The lowest BCUT2D eigenvalue weighted by atomic mass is 9.90. The maximum Gasteiger partial charge on any atom is 0.407 e. The quantitative estimate of drug-likeness (QED) is 0.759. The van der Waals surface area contributed by atoms with Crippen LogP contribution in [-0.2, 0) is 19.9 Å². The number of hydrogen-bond donors (Lipinski definition) is 2. The van der Waals surface area contributed by atoms with Gasteiger partial charge in [-0.2, -0.15) is 0 Å². The van der Waals surface area contributed by atoms with Crippen LogP contribution in [0.15, 0.2) is 30.3 Å². The Morgan fingerprint density at radius 1 is 1.43 bits per heavy atom. The van der Waals surface area contributed by atoms with E-state index in [4.69, 9.17) is 0 Å². The van der Waals surface area contributed by atoms with E-state index in [2.05, 4.69) is 10.1 Å². The van der Waals surface area contributed by atoms with Gasteiger partial charge in [0.15, 0.2) is 6.29 Å². The molecule has 1 fully saturated rings. The number of amides is 1. The number of aldehydes is 1. The summed E-state index contributed by atoms with van der Waals surface area (Å²) in [7, 11) is 1.21. The molecule has 1 aliphatic heterocycles. The number of carboxylic acids is 1. The third kappa shape index (κ3) is 3.68. The smallest absolute Gasteiger partial charge is 0.407 e. The standard InChI is InChI=1S/C16H20N2O5/c1-23-15(22)17-16(11-19,12-6-3-2-4-7-12)10-18-9-5-8-13(18)14(20)21/h2-4,6-7,11,13H,5,8-10H2,1H3,(H,17,22)(H,20,21)/t13-,16+/m0/s1. The summed E-state index contributed by atoms with van der Waals surface area (Å²) in [6, 6.07) is 8.09. The van der Waals surface area contributed by atoms with Crippen LogP contribution in [0, 0.1) is 0 Å². The Hall–Kier alpha value is -2.41. The minimum Gasteiger partial charge on any atom is -0.480 e. The number of aliphatic carboxylic acids is 1. The number of ether oxygens (including phenoxy) is 1. The maximum atomic E-state index is 11.9. The van der Waals surface area contributed by atoms with Crippen molar-refractivity contribution < 1.29 is 24.2 Å². The summed E-state index contributed by atoms with van der Waals surface area (Å²) in [5.41, 5.74) is -0.775. The number of hydrogen-bond acceptors (Lipinski definition) is 5. The fourth-order valence-corrected chi connectivity index (χ4v) is 2.92. The van der Waals surface area contributed by atoms with Crippen molar-refractivity contribution in [3.63, 3.8) is 0 Å². The van der Waals surface area contributed by atoms with E-state index in [9.17, 15) is 19.5 Å². The normalized spacial score (nSPS) is 20.5. The number of carbonyl (C=O) groups is 3. The molecule has 0 aliphatic carbocycles. The second-order valence-electron chi connectivity index (χ2n) is 5.54. The van der Waals surface area contributed by atoms with Gasteiger partial charge in [0.05, 0.1) is 7.11 Å². The van der Waals surface area contributed by atoms with Gasteiger partial charge in [-0.1, -0.05) is 30.3 Å². The largest absolute Gasteiger partial charge is 0.480 e. The first-order chi connectivity index (χ1) is 11.0. The number of likely N-dealkylation sites (tertiary alicyclic amines) is 1. The van der Waals surface area contributed by atoms with Crippen LogP contribution in [0.25, 0.3) is 0 Å². The molecule has 1 heterocycles. The van der Waals surface area contributed by atoms with Gasteiger partial charge in [-0.15, -0.1) is 0 Å². The minimum absolute atomic E-state index is 0.0760. The lowest BCUT2D eigenvalue weighted by Gasteiger charge is -2.34. The highest BCUT2D eigenvalue weighted by molar-refractivity contribution is 5.79. The number of nitrogens with zero attached hydrogens (tertiary/aromatic N) is 1. The van der Waals surface area contributed by atoms with E-state index in [1.807, 2.05) is 0 Å². The Kier molecular flexibility index (Phi) is 5.33. The van der Waals surface area contributed by atoms with Crippen molar-refractivity contribution in [2.24, 2.45) is 0 Å². The second kappa shape index (κ2) is 7.23. The summed E-state index contributed by atoms with van der Waals surface area (Å²) in [5.74, 6) is -0.923. The summed E-state index contributed by atoms with van der Waals surface area (Å²) in [4.78, 5) is 36.7. The Morgan fingerprint density at radius 2 is 2.13 bits per heavy atom. The molecule has 7 nitrogen and oxygen atoms in total. The van der Waals surface area contributed by atoms with Crippen molar-refractivity contribution in [3.8, 4) is 0 Å². The van der Waals surface area contributed by atoms with E-state index in [-0.39, 0.29) is 6.54 Å². The van der Waals surface area contributed by atoms with E-state index in [1.165, 1.54) is 7.11 Å². The third-order valence-corrected chi connectivity index (χ3v) is 4.10. The van der Waals surface area contributed by atoms with Gasteiger partial charge in [0, 0.05) is 6.54 Å². The number of nitrogens with one attached hydrogen (secondary N) is 1. The van der Waals surface area contributed by atoms with E-state index in [0.29, 0.717) is 24.8 Å². The molecular formula is C16H20N2O5. The highest BCUT2D eigenvalue weighted by Gasteiger charge is 2.41. The van der Waals surface area contributed by atoms with Crippen LogP contribution in [0.2, 0.25) is 0 Å². The number of benzene rings is 1. The van der Waals surface area contributed by atoms with Crippen LogP contribution in [0.5, 0.6) is 0 Å². The minimum atomic E-state index is -1.35. The van der Waals surface area contributed by atoms with E-state index >= 15 is 0 Å². The van der Waals surface area contributed by atoms with E-state index in [0.717, 1.165) is 6.42 Å². The Morgan fingerprint density at radius 3 is 2.70 bits per heavy atom. The first-order valence-electron chi connectivity index (χ1n) is 7.37. The molecule has 0 bridgehead atoms. The molecule has 1 aliphatic rings. The third-order valence-electron chi connectivity index (χ3n) is 4.10. The van der Waals surface area contributed by atoms with Crippen molar-refractivity contribution in [3.05, 3.63) is 35.9 Å². The van der Waals surface area contributed by atoms with Gasteiger partial charge in [0.2, 0.25) is 0 Å². The van der Waals surface area contributed by atoms with Gasteiger partial charge in [-0.3, -0.25) is 9.69 Å². The summed E-state index contributed by atoms with van der Waals surface area (Å²) in [5, 5.41) is 11.9. The molecule has 1 aromatic carbocycles. The van der Waals surface area contributed by atoms with E-state index in [1.54, 1.807) is 35.2 Å². The van der Waals surface area contributed by atoms with Crippen LogP contribution in [0.3, 0.4) is 0 Å². The van der Waals surface area contributed by atoms with Crippen molar-refractivity contribution in [1.82, 2.24) is 10.2 Å². The first kappa shape index (κ1) is 17.0. The lowest BCUT2D eigenvalue weighted by Crippen LogP contribution is -2.56. The molecule has 2 rings (SSSR count). The number of alkyl carbamates (subject to hydrolysis) is 1. The average Bonchev–Trinajstić information content (AvgIpc) is 3.03. The molecule has 23 heavy (non-hydrogen) atoms. The van der Waals surface area contributed by atoms with Crippen LogP contribution < -0.4 is 5.32 Å². The zero-order valence-corrected chi connectivity index (χ0v) is 12.9. The monoisotopic (exact) mass is 320 g/mol. The SMILES string of the molecule is COC(=O)N[C@@](C=O)(CN1CCC[C@H]1C(=O)O)c1ccccc1. The van der Waals surface area contributed by atoms with Gasteiger partial charge in [-0.25, -0.2) is 4.79 Å². The highest BCUT2D eigenvalue weighted by Crippen LogP contribution is 2.26. The van der Waals surface area contributed by atoms with Crippen LogP contribution in [-0.4, -0.2) is 54.6 Å². The van der Waals surface area contributed by atoms with Gasteiger partial charge in [-0.05, 0) is 24.9 Å². The van der Waals surface area contributed by atoms with Crippen molar-refractivity contribution >= 4 is 18.3 Å². The van der Waals surface area contributed by atoms with Crippen LogP contribution >= 0.6 is 0 Å². The molecule has 1 aromatic rings. The van der Waals surface area contributed by atoms with Gasteiger partial charge < -0.3 is 20.0 Å². The maximum absolute atomic E-state index is 11.9. The Balaban J connectivity index is 2.34. The van der Waals surface area contributed by atoms with Crippen molar-refractivity contribution in [1.29, 1.82) is 0 Å². The summed E-state index contributed by atoms with van der Waals surface area (Å²) in [6.45, 7) is 0.634. The highest BCUT2D eigenvalue weighted by atomic mass is 16.5. The molecule has 1 amide bonds. The fourth-order valence-electron chi connectivity index (χ4n) is 2.92. The molecule has 0 saturated carbocycles. The zero-order valence-electron chi connectivity index (χ0n) is 12.9. The van der Waals surface area contributed by atoms with Crippen LogP contribution in [0.4, 0.5) is 4.79 Å². The molecule has 2 N–H and O–H groups in total. The van der Waals surface area contributed by atoms with Gasteiger partial charge in [0.1, 0.15) is 11.6 Å². The Labute approximate surface area is 134 Å². The Bertz CT molecular complexity index is 577.